The molecule has 31 heavy (non-hydrogen) atoms. The minimum atomic E-state index is 0.592. The van der Waals surface area contributed by atoms with Crippen molar-refractivity contribution in [2.45, 2.75) is 13.1 Å². The summed E-state index contributed by atoms with van der Waals surface area (Å²) in [6.07, 6.45) is 0. The van der Waals surface area contributed by atoms with Crippen molar-refractivity contribution >= 4 is 21.4 Å². The Hall–Kier alpha value is -3.09. The van der Waals surface area contributed by atoms with Crippen LogP contribution in [0.25, 0.3) is 21.3 Å². The second-order valence-electron chi connectivity index (χ2n) is 7.54. The number of pyridine rings is 1. The molecule has 158 valence electrons. The molecule has 0 fully saturated rings. The average Bonchev–Trinajstić information content (AvgIpc) is 3.10. The highest BCUT2D eigenvalue weighted by atomic mass is 32.1. The van der Waals surface area contributed by atoms with Crippen molar-refractivity contribution in [1.82, 2.24) is 9.88 Å². The number of ether oxygens (including phenoxy) is 3. The fourth-order valence-electron chi connectivity index (χ4n) is 4.00. The number of benzene rings is 2. The Morgan fingerprint density at radius 2 is 1.94 bits per heavy atom. The molecule has 5 rings (SSSR count). The molecule has 5 nitrogen and oxygen atoms in total. The van der Waals surface area contributed by atoms with Crippen LogP contribution in [0.5, 0.6) is 17.4 Å². The van der Waals surface area contributed by atoms with Crippen molar-refractivity contribution in [3.63, 3.8) is 0 Å². The molecule has 1 aliphatic heterocycles. The van der Waals surface area contributed by atoms with E-state index in [2.05, 4.69) is 46.3 Å². The van der Waals surface area contributed by atoms with Crippen LogP contribution in [-0.4, -0.2) is 37.3 Å². The molecule has 0 unspecified atom stereocenters. The molecule has 0 spiro atoms. The zero-order chi connectivity index (χ0) is 21.2. The normalized spacial score (nSPS) is 14.0. The molecule has 0 saturated carbocycles. The molecule has 1 aliphatic rings. The number of nitrogens with zero attached hydrogens (tertiary/aromatic N) is 2. The van der Waals surface area contributed by atoms with Gasteiger partial charge in [0, 0.05) is 46.4 Å². The Kier molecular flexibility index (Phi) is 5.49. The summed E-state index contributed by atoms with van der Waals surface area (Å²) >= 11 is 1.86. The molecule has 0 atom stereocenters. The van der Waals surface area contributed by atoms with E-state index in [1.165, 1.54) is 15.0 Å². The number of fused-ring (bicyclic) bond motifs is 2. The van der Waals surface area contributed by atoms with E-state index >= 15 is 0 Å². The van der Waals surface area contributed by atoms with Crippen LogP contribution in [0, 0.1) is 0 Å². The van der Waals surface area contributed by atoms with Gasteiger partial charge < -0.3 is 14.2 Å². The van der Waals surface area contributed by atoms with Gasteiger partial charge in [0.1, 0.15) is 6.61 Å². The van der Waals surface area contributed by atoms with Gasteiger partial charge in [0.05, 0.1) is 19.9 Å². The molecule has 6 heteroatoms. The van der Waals surface area contributed by atoms with E-state index in [4.69, 9.17) is 14.2 Å². The van der Waals surface area contributed by atoms with Gasteiger partial charge in [-0.1, -0.05) is 24.3 Å². The summed E-state index contributed by atoms with van der Waals surface area (Å²) in [4.78, 5) is 8.38. The molecule has 2 aromatic carbocycles. The highest BCUT2D eigenvalue weighted by Crippen LogP contribution is 2.38. The highest BCUT2D eigenvalue weighted by Gasteiger charge is 2.21. The van der Waals surface area contributed by atoms with Crippen molar-refractivity contribution in [2.24, 2.45) is 0 Å². The zero-order valence-corrected chi connectivity index (χ0v) is 18.4. The number of methoxy groups -OCH3 is 2. The van der Waals surface area contributed by atoms with E-state index in [1.807, 2.05) is 35.6 Å². The number of hydrogen-bond acceptors (Lipinski definition) is 6. The number of aromatic nitrogens is 1. The summed E-state index contributed by atoms with van der Waals surface area (Å²) in [5.74, 6) is 2.16. The predicted molar refractivity (Wildman–Crippen MR) is 124 cm³/mol. The van der Waals surface area contributed by atoms with Crippen molar-refractivity contribution < 1.29 is 14.2 Å². The molecule has 2 aromatic heterocycles. The molecule has 0 radical (unpaired) electrons. The second-order valence-corrected chi connectivity index (χ2v) is 8.71. The minimum absolute atomic E-state index is 0.592. The molecule has 0 amide bonds. The first-order valence-electron chi connectivity index (χ1n) is 10.3. The average molecular weight is 433 g/mol. The largest absolute Gasteiger partial charge is 0.493 e. The molecular formula is C25H24N2O3S. The van der Waals surface area contributed by atoms with E-state index in [0.717, 1.165) is 48.0 Å². The van der Waals surface area contributed by atoms with Crippen LogP contribution in [0.2, 0.25) is 0 Å². The van der Waals surface area contributed by atoms with E-state index in [-0.39, 0.29) is 0 Å². The van der Waals surface area contributed by atoms with Crippen molar-refractivity contribution in [3.05, 3.63) is 71.1 Å². The van der Waals surface area contributed by atoms with Crippen LogP contribution in [-0.2, 0) is 13.1 Å². The molecule has 0 bridgehead atoms. The molecular weight excluding hydrogens is 408 g/mol. The van der Waals surface area contributed by atoms with Gasteiger partial charge in [-0.3, -0.25) is 4.90 Å². The van der Waals surface area contributed by atoms with Crippen LogP contribution < -0.4 is 14.2 Å². The summed E-state index contributed by atoms with van der Waals surface area (Å²) < 4.78 is 18.4. The van der Waals surface area contributed by atoms with Crippen LogP contribution in [0.15, 0.2) is 60.7 Å². The number of thiophene rings is 1. The molecule has 0 saturated heterocycles. The summed E-state index contributed by atoms with van der Waals surface area (Å²) in [5.41, 5.74) is 2.94. The Morgan fingerprint density at radius 3 is 2.77 bits per heavy atom. The minimum Gasteiger partial charge on any atom is -0.493 e. The first kappa shape index (κ1) is 19.8. The van der Waals surface area contributed by atoms with Gasteiger partial charge in [0.15, 0.2) is 11.5 Å². The smallest absolute Gasteiger partial charge is 0.213 e. The first-order valence-corrected chi connectivity index (χ1v) is 11.1. The summed E-state index contributed by atoms with van der Waals surface area (Å²) in [7, 11) is 3.31. The Balaban J connectivity index is 1.46. The van der Waals surface area contributed by atoms with E-state index < -0.39 is 0 Å². The number of rotatable bonds is 5. The third-order valence-corrected chi connectivity index (χ3v) is 6.58. The fraction of sp³-hybridized carbons (Fsp3) is 0.240. The van der Waals surface area contributed by atoms with Crippen LogP contribution >= 0.6 is 11.3 Å². The Bertz CT molecular complexity index is 1190. The van der Waals surface area contributed by atoms with Crippen LogP contribution in [0.3, 0.4) is 0 Å². The van der Waals surface area contributed by atoms with Crippen molar-refractivity contribution in [3.8, 4) is 28.6 Å². The van der Waals surface area contributed by atoms with Crippen molar-refractivity contribution in [1.29, 1.82) is 0 Å². The predicted octanol–water partition coefficient (Wildman–Crippen LogP) is 5.38. The Labute approximate surface area is 185 Å². The van der Waals surface area contributed by atoms with Gasteiger partial charge in [-0.15, -0.1) is 11.3 Å². The molecule has 4 aromatic rings. The molecule has 3 heterocycles. The monoisotopic (exact) mass is 432 g/mol. The van der Waals surface area contributed by atoms with Gasteiger partial charge in [-0.25, -0.2) is 4.98 Å². The third kappa shape index (κ3) is 4.09. The second kappa shape index (κ2) is 8.57. The van der Waals surface area contributed by atoms with E-state index in [1.54, 1.807) is 14.2 Å². The summed E-state index contributed by atoms with van der Waals surface area (Å²) in [5, 5.41) is 1.31. The molecule has 0 N–H and O–H groups in total. The lowest BCUT2D eigenvalue weighted by molar-refractivity contribution is 0.218. The third-order valence-electron chi connectivity index (χ3n) is 5.48. The maximum absolute atomic E-state index is 6.12. The standard InChI is InChI=1S/C25H24N2O3S/c1-28-22-14-18(21-7-5-9-24(26-21)29-2)12-19-15-27(10-11-30-25(19)22)16-20-13-17-6-3-4-8-23(17)31-20/h3-9,12-14H,10-11,15-16H2,1-2H3. The number of hydrogen-bond donors (Lipinski definition) is 0. The van der Waals surface area contributed by atoms with Gasteiger partial charge in [-0.05, 0) is 35.7 Å². The summed E-state index contributed by atoms with van der Waals surface area (Å²) in [6.45, 7) is 3.17. The highest BCUT2D eigenvalue weighted by molar-refractivity contribution is 7.19. The molecule has 0 aliphatic carbocycles. The SMILES string of the molecule is COc1cccc(-c2cc3c(c(OC)c2)OCCN(Cc2cc4ccccc4s2)C3)n1. The van der Waals surface area contributed by atoms with E-state index in [0.29, 0.717) is 12.5 Å². The lowest BCUT2D eigenvalue weighted by atomic mass is 10.0. The van der Waals surface area contributed by atoms with Gasteiger partial charge in [-0.2, -0.15) is 0 Å². The maximum atomic E-state index is 6.12. The fourth-order valence-corrected chi connectivity index (χ4v) is 5.10. The van der Waals surface area contributed by atoms with Gasteiger partial charge in [0.25, 0.3) is 0 Å². The summed E-state index contributed by atoms with van der Waals surface area (Å²) in [6, 6.07) is 20.8. The lowest BCUT2D eigenvalue weighted by Crippen LogP contribution is -2.24. The topological polar surface area (TPSA) is 43.8 Å². The Morgan fingerprint density at radius 1 is 1.03 bits per heavy atom. The maximum Gasteiger partial charge on any atom is 0.213 e. The first-order chi connectivity index (χ1) is 15.2. The zero-order valence-electron chi connectivity index (χ0n) is 17.6. The van der Waals surface area contributed by atoms with Crippen LogP contribution in [0.4, 0.5) is 0 Å². The van der Waals surface area contributed by atoms with E-state index in [9.17, 15) is 0 Å². The quantitative estimate of drug-likeness (QED) is 0.424. The van der Waals surface area contributed by atoms with Crippen LogP contribution in [0.1, 0.15) is 10.4 Å². The van der Waals surface area contributed by atoms with Gasteiger partial charge in [0.2, 0.25) is 5.88 Å². The lowest BCUT2D eigenvalue weighted by Gasteiger charge is -2.19. The van der Waals surface area contributed by atoms with Crippen molar-refractivity contribution in [2.75, 3.05) is 27.4 Å². The van der Waals surface area contributed by atoms with Gasteiger partial charge >= 0.3 is 0 Å².